The van der Waals surface area contributed by atoms with Crippen LogP contribution < -0.4 is 15.8 Å². The van der Waals surface area contributed by atoms with Crippen molar-refractivity contribution in [1.29, 1.82) is 0 Å². The van der Waals surface area contributed by atoms with Gasteiger partial charge in [0.05, 0.1) is 10.7 Å². The third-order valence-corrected chi connectivity index (χ3v) is 2.91. The van der Waals surface area contributed by atoms with Crippen molar-refractivity contribution >= 4 is 28.9 Å². The number of nitrogens with two attached hydrogens (primary N) is 1. The van der Waals surface area contributed by atoms with Crippen molar-refractivity contribution in [3.05, 3.63) is 53.1 Å². The van der Waals surface area contributed by atoms with Crippen molar-refractivity contribution in [3.8, 4) is 5.75 Å². The van der Waals surface area contributed by atoms with Gasteiger partial charge in [0.1, 0.15) is 5.75 Å². The first kappa shape index (κ1) is 15.1. The zero-order chi connectivity index (χ0) is 15.4. The Morgan fingerprint density at radius 1 is 1.24 bits per heavy atom. The topological polar surface area (TPSA) is 64.3 Å². The Bertz CT molecular complexity index is 665. The average Bonchev–Trinajstić information content (AvgIpc) is 2.42. The molecular weight excluding hydrogens is 302 g/mol. The molecule has 7 heteroatoms. The molecule has 0 bridgehead atoms. The highest BCUT2D eigenvalue weighted by Crippen LogP contribution is 2.23. The van der Waals surface area contributed by atoms with Gasteiger partial charge in [0, 0.05) is 11.3 Å². The molecule has 3 N–H and O–H groups in total. The molecular formula is C14H11ClF2N2O2. The molecule has 2 aromatic carbocycles. The fraction of sp³-hybridized carbons (Fsp3) is 0.0714. The van der Waals surface area contributed by atoms with Crippen molar-refractivity contribution < 1.29 is 18.3 Å². The molecule has 0 unspecified atom stereocenters. The molecule has 2 aromatic rings. The van der Waals surface area contributed by atoms with Crippen LogP contribution in [-0.2, 0) is 0 Å². The number of benzene rings is 2. The first-order chi connectivity index (χ1) is 9.95. The molecule has 0 atom stereocenters. The number of hydrogen-bond acceptors (Lipinski definition) is 3. The Morgan fingerprint density at radius 2 is 2.00 bits per heavy atom. The predicted octanol–water partition coefficient (Wildman–Crippen LogP) is 3.78. The maximum Gasteiger partial charge on any atom is 0.387 e. The van der Waals surface area contributed by atoms with Gasteiger partial charge in [-0.2, -0.15) is 8.78 Å². The molecule has 0 saturated heterocycles. The van der Waals surface area contributed by atoms with E-state index in [1.807, 2.05) is 0 Å². The van der Waals surface area contributed by atoms with Gasteiger partial charge in [-0.3, -0.25) is 4.79 Å². The van der Waals surface area contributed by atoms with Crippen LogP contribution >= 0.6 is 11.6 Å². The van der Waals surface area contributed by atoms with Crippen LogP contribution in [0.2, 0.25) is 5.02 Å². The number of amides is 1. The number of alkyl halides is 2. The maximum absolute atomic E-state index is 12.1. The largest absolute Gasteiger partial charge is 0.435 e. The minimum Gasteiger partial charge on any atom is -0.435 e. The molecule has 4 nitrogen and oxygen atoms in total. The second kappa shape index (κ2) is 6.41. The quantitative estimate of drug-likeness (QED) is 0.845. The summed E-state index contributed by atoms with van der Waals surface area (Å²) in [6.07, 6.45) is 0. The van der Waals surface area contributed by atoms with Crippen molar-refractivity contribution in [1.82, 2.24) is 0 Å². The lowest BCUT2D eigenvalue weighted by molar-refractivity contribution is -0.0498. The molecule has 0 fully saturated rings. The molecule has 0 heterocycles. The Hall–Kier alpha value is -2.34. The van der Waals surface area contributed by atoms with E-state index in [2.05, 4.69) is 10.1 Å². The lowest BCUT2D eigenvalue weighted by Gasteiger charge is -2.09. The first-order valence-corrected chi connectivity index (χ1v) is 6.25. The molecule has 0 radical (unpaired) electrons. The van der Waals surface area contributed by atoms with Gasteiger partial charge in [-0.05, 0) is 36.4 Å². The van der Waals surface area contributed by atoms with Crippen LogP contribution in [0.4, 0.5) is 20.2 Å². The van der Waals surface area contributed by atoms with Crippen LogP contribution in [0.5, 0.6) is 5.75 Å². The number of halogens is 3. The fourth-order valence-corrected chi connectivity index (χ4v) is 1.80. The van der Waals surface area contributed by atoms with Crippen molar-refractivity contribution in [2.24, 2.45) is 0 Å². The molecule has 21 heavy (non-hydrogen) atoms. The third kappa shape index (κ3) is 4.06. The average molecular weight is 313 g/mol. The molecule has 0 aliphatic rings. The van der Waals surface area contributed by atoms with Gasteiger partial charge in [-0.1, -0.05) is 17.7 Å². The van der Waals surface area contributed by atoms with E-state index in [0.717, 1.165) is 0 Å². The highest BCUT2D eigenvalue weighted by Gasteiger charge is 2.10. The highest BCUT2D eigenvalue weighted by molar-refractivity contribution is 6.33. The summed E-state index contributed by atoms with van der Waals surface area (Å²) >= 11 is 5.85. The second-order valence-corrected chi connectivity index (χ2v) is 4.50. The lowest BCUT2D eigenvalue weighted by atomic mass is 10.2. The third-order valence-electron chi connectivity index (χ3n) is 2.58. The number of rotatable bonds is 4. The standard InChI is InChI=1S/C14H11ClF2N2O2/c15-11-7-9(4-5-12(11)18)19-13(20)8-2-1-3-10(6-8)21-14(16)17/h1-7,14H,18H2,(H,19,20). The molecule has 1 amide bonds. The van der Waals surface area contributed by atoms with Crippen LogP contribution in [0.3, 0.4) is 0 Å². The van der Waals surface area contributed by atoms with Gasteiger partial charge in [0.25, 0.3) is 5.91 Å². The Balaban J connectivity index is 2.14. The minimum atomic E-state index is -2.95. The first-order valence-electron chi connectivity index (χ1n) is 5.87. The Morgan fingerprint density at radius 3 is 2.67 bits per heavy atom. The predicted molar refractivity (Wildman–Crippen MR) is 76.9 cm³/mol. The summed E-state index contributed by atoms with van der Waals surface area (Å²) in [6, 6.07) is 10.1. The number of ether oxygens (including phenoxy) is 1. The molecule has 0 spiro atoms. The van der Waals surface area contributed by atoms with Gasteiger partial charge in [0.2, 0.25) is 0 Å². The number of nitrogens with one attached hydrogen (secondary N) is 1. The monoisotopic (exact) mass is 312 g/mol. The van der Waals surface area contributed by atoms with E-state index < -0.39 is 12.5 Å². The van der Waals surface area contributed by atoms with Gasteiger partial charge in [-0.15, -0.1) is 0 Å². The van der Waals surface area contributed by atoms with Crippen LogP contribution in [-0.4, -0.2) is 12.5 Å². The van der Waals surface area contributed by atoms with Crippen LogP contribution in [0.15, 0.2) is 42.5 Å². The normalized spacial score (nSPS) is 10.5. The van der Waals surface area contributed by atoms with E-state index in [0.29, 0.717) is 16.4 Å². The number of anilines is 2. The fourth-order valence-electron chi connectivity index (χ4n) is 1.62. The Kier molecular flexibility index (Phi) is 4.59. The van der Waals surface area contributed by atoms with Crippen LogP contribution in [0.1, 0.15) is 10.4 Å². The SMILES string of the molecule is Nc1ccc(NC(=O)c2cccc(OC(F)F)c2)cc1Cl. The van der Waals surface area contributed by atoms with Gasteiger partial charge < -0.3 is 15.8 Å². The van der Waals surface area contributed by atoms with E-state index >= 15 is 0 Å². The molecule has 0 aromatic heterocycles. The zero-order valence-corrected chi connectivity index (χ0v) is 11.4. The summed E-state index contributed by atoms with van der Waals surface area (Å²) in [5.74, 6) is -0.566. The van der Waals surface area contributed by atoms with Gasteiger partial charge in [0.15, 0.2) is 0 Å². The molecule has 0 aliphatic heterocycles. The highest BCUT2D eigenvalue weighted by atomic mass is 35.5. The minimum absolute atomic E-state index is 0.0898. The van der Waals surface area contributed by atoms with E-state index in [-0.39, 0.29) is 11.3 Å². The van der Waals surface area contributed by atoms with E-state index in [1.54, 1.807) is 12.1 Å². The van der Waals surface area contributed by atoms with Gasteiger partial charge in [-0.25, -0.2) is 0 Å². The molecule has 0 aliphatic carbocycles. The maximum atomic E-state index is 12.1. The smallest absolute Gasteiger partial charge is 0.387 e. The van der Waals surface area contributed by atoms with Crippen LogP contribution in [0, 0.1) is 0 Å². The zero-order valence-electron chi connectivity index (χ0n) is 10.6. The number of carbonyl (C=O) groups is 1. The molecule has 110 valence electrons. The summed E-state index contributed by atoms with van der Waals surface area (Å²) in [5.41, 5.74) is 6.58. The summed E-state index contributed by atoms with van der Waals surface area (Å²) in [5, 5.41) is 2.89. The van der Waals surface area contributed by atoms with Crippen LogP contribution in [0.25, 0.3) is 0 Å². The Labute approximate surface area is 124 Å². The molecule has 0 saturated carbocycles. The van der Waals surface area contributed by atoms with E-state index in [9.17, 15) is 13.6 Å². The van der Waals surface area contributed by atoms with Crippen molar-refractivity contribution in [2.45, 2.75) is 6.61 Å². The molecule has 2 rings (SSSR count). The van der Waals surface area contributed by atoms with E-state index in [4.69, 9.17) is 17.3 Å². The summed E-state index contributed by atoms with van der Waals surface area (Å²) < 4.78 is 28.5. The van der Waals surface area contributed by atoms with Crippen molar-refractivity contribution in [3.63, 3.8) is 0 Å². The summed E-state index contributed by atoms with van der Waals surface area (Å²) in [4.78, 5) is 12.0. The summed E-state index contributed by atoms with van der Waals surface area (Å²) in [7, 11) is 0. The van der Waals surface area contributed by atoms with E-state index in [1.165, 1.54) is 30.3 Å². The summed E-state index contributed by atoms with van der Waals surface area (Å²) in [6.45, 7) is -2.95. The lowest BCUT2D eigenvalue weighted by Crippen LogP contribution is -2.12. The second-order valence-electron chi connectivity index (χ2n) is 4.10. The number of nitrogen functional groups attached to an aromatic ring is 1. The van der Waals surface area contributed by atoms with Gasteiger partial charge >= 0.3 is 6.61 Å². The van der Waals surface area contributed by atoms with Crippen molar-refractivity contribution in [2.75, 3.05) is 11.1 Å². The number of carbonyl (C=O) groups excluding carboxylic acids is 1. The number of hydrogen-bond donors (Lipinski definition) is 2.